The van der Waals surface area contributed by atoms with Gasteiger partial charge in [0.05, 0.1) is 0 Å². The maximum absolute atomic E-state index is 5.85. The maximum atomic E-state index is 5.85. The molecule has 0 bridgehead atoms. The number of hydrogen-bond acceptors (Lipinski definition) is 2. The molecule has 0 saturated heterocycles. The van der Waals surface area contributed by atoms with Crippen LogP contribution in [0.5, 0.6) is 0 Å². The van der Waals surface area contributed by atoms with E-state index < -0.39 is 0 Å². The van der Waals surface area contributed by atoms with Crippen LogP contribution in [0.2, 0.25) is 5.02 Å². The van der Waals surface area contributed by atoms with Gasteiger partial charge < -0.3 is 5.73 Å². The van der Waals surface area contributed by atoms with Gasteiger partial charge in [-0.2, -0.15) is 0 Å². The molecule has 1 nitrogen and oxygen atoms in total. The van der Waals surface area contributed by atoms with E-state index in [1.807, 2.05) is 31.2 Å². The van der Waals surface area contributed by atoms with Crippen molar-refractivity contribution < 1.29 is 0 Å². The first-order valence-corrected chi connectivity index (χ1v) is 5.75. The number of hydrogen-bond donors (Lipinski definition) is 1. The summed E-state index contributed by atoms with van der Waals surface area (Å²) in [7, 11) is 0. The lowest BCUT2D eigenvalue weighted by Gasteiger charge is -2.10. The van der Waals surface area contributed by atoms with Gasteiger partial charge in [-0.3, -0.25) is 0 Å². The molecule has 2 N–H and O–H groups in total. The molecule has 1 rings (SSSR count). The molecule has 0 saturated carbocycles. The maximum Gasteiger partial charge on any atom is 0.0406 e. The second kappa shape index (κ2) is 5.44. The van der Waals surface area contributed by atoms with Gasteiger partial charge in [0, 0.05) is 21.7 Å². The van der Waals surface area contributed by atoms with Crippen LogP contribution >= 0.6 is 23.4 Å². The van der Waals surface area contributed by atoms with E-state index in [-0.39, 0.29) is 6.04 Å². The predicted molar refractivity (Wildman–Crippen MR) is 65.0 cm³/mol. The van der Waals surface area contributed by atoms with Crippen molar-refractivity contribution in [1.82, 2.24) is 0 Å². The van der Waals surface area contributed by atoms with E-state index in [1.165, 1.54) is 4.90 Å². The lowest BCUT2D eigenvalue weighted by molar-refractivity contribution is 0.878. The first kappa shape index (κ1) is 11.6. The zero-order chi connectivity index (χ0) is 10.6. The van der Waals surface area contributed by atoms with Gasteiger partial charge in [0.2, 0.25) is 0 Å². The lowest BCUT2D eigenvalue weighted by Crippen LogP contribution is -2.23. The molecule has 1 aromatic rings. The van der Waals surface area contributed by atoms with Gasteiger partial charge in [-0.25, -0.2) is 0 Å². The van der Waals surface area contributed by atoms with E-state index in [1.54, 1.807) is 11.8 Å². The van der Waals surface area contributed by atoms with Crippen LogP contribution in [-0.4, -0.2) is 11.8 Å². The fourth-order valence-corrected chi connectivity index (χ4v) is 1.97. The van der Waals surface area contributed by atoms with Gasteiger partial charge in [-0.15, -0.1) is 11.8 Å². The van der Waals surface area contributed by atoms with Gasteiger partial charge in [0.15, 0.2) is 0 Å². The Bertz CT molecular complexity index is 308. The molecule has 1 unspecified atom stereocenters. The molecule has 1 atom stereocenters. The van der Waals surface area contributed by atoms with Gasteiger partial charge in [-0.05, 0) is 31.2 Å². The average Bonchev–Trinajstić information content (AvgIpc) is 2.16. The molecular formula is C11H14ClNS. The molecule has 0 spiro atoms. The van der Waals surface area contributed by atoms with E-state index in [4.69, 9.17) is 17.3 Å². The van der Waals surface area contributed by atoms with Gasteiger partial charge >= 0.3 is 0 Å². The molecule has 0 aromatic heterocycles. The van der Waals surface area contributed by atoms with Crippen LogP contribution < -0.4 is 5.73 Å². The molecule has 0 fully saturated rings. The molecule has 76 valence electrons. The van der Waals surface area contributed by atoms with Gasteiger partial charge in [-0.1, -0.05) is 23.8 Å². The van der Waals surface area contributed by atoms with Crippen LogP contribution in [0.4, 0.5) is 0 Å². The van der Waals surface area contributed by atoms with Crippen molar-refractivity contribution in [3.8, 4) is 0 Å². The summed E-state index contributed by atoms with van der Waals surface area (Å²) in [5, 5.41) is 0.763. The molecule has 3 heteroatoms. The van der Waals surface area contributed by atoms with Crippen molar-refractivity contribution in [3.05, 3.63) is 41.4 Å². The molecular weight excluding hydrogens is 214 g/mol. The minimum absolute atomic E-state index is 0.0654. The van der Waals surface area contributed by atoms with Crippen molar-refractivity contribution in [2.75, 3.05) is 5.75 Å². The summed E-state index contributed by atoms with van der Waals surface area (Å²) in [6.45, 7) is 5.77. The third-order valence-corrected chi connectivity index (χ3v) is 3.26. The van der Waals surface area contributed by atoms with Crippen LogP contribution in [-0.2, 0) is 0 Å². The molecule has 1 aromatic carbocycles. The number of halogens is 1. The average molecular weight is 228 g/mol. The fourth-order valence-electron chi connectivity index (χ4n) is 0.859. The fraction of sp³-hybridized carbons (Fsp3) is 0.273. The van der Waals surface area contributed by atoms with Crippen LogP contribution in [0.3, 0.4) is 0 Å². The summed E-state index contributed by atoms with van der Waals surface area (Å²) in [6.07, 6.45) is 0. The normalized spacial score (nSPS) is 12.5. The number of nitrogens with two attached hydrogens (primary N) is 1. The second-order valence-electron chi connectivity index (χ2n) is 3.22. The molecule has 0 aliphatic rings. The Morgan fingerprint density at radius 3 is 2.57 bits per heavy atom. The van der Waals surface area contributed by atoms with Crippen LogP contribution in [0, 0.1) is 0 Å². The Morgan fingerprint density at radius 1 is 1.50 bits per heavy atom. The predicted octanol–water partition coefficient (Wildman–Crippen LogP) is 3.34. The summed E-state index contributed by atoms with van der Waals surface area (Å²) in [5.41, 5.74) is 6.87. The highest BCUT2D eigenvalue weighted by atomic mass is 35.5. The Morgan fingerprint density at radius 2 is 2.07 bits per heavy atom. The van der Waals surface area contributed by atoms with Crippen LogP contribution in [0.1, 0.15) is 6.92 Å². The van der Waals surface area contributed by atoms with Crippen LogP contribution in [0.25, 0.3) is 0 Å². The monoisotopic (exact) mass is 227 g/mol. The van der Waals surface area contributed by atoms with E-state index in [0.29, 0.717) is 0 Å². The SMILES string of the molecule is C=C(C)C(N)CSc1ccc(Cl)cc1. The Hall–Kier alpha value is -0.440. The second-order valence-corrected chi connectivity index (χ2v) is 4.75. The van der Waals surface area contributed by atoms with E-state index in [9.17, 15) is 0 Å². The lowest BCUT2D eigenvalue weighted by atomic mass is 10.2. The molecule has 0 radical (unpaired) electrons. The third-order valence-electron chi connectivity index (χ3n) is 1.88. The highest BCUT2D eigenvalue weighted by Gasteiger charge is 2.03. The van der Waals surface area contributed by atoms with Crippen LogP contribution in [0.15, 0.2) is 41.3 Å². The Labute approximate surface area is 94.3 Å². The summed E-state index contributed by atoms with van der Waals surface area (Å²) in [4.78, 5) is 1.19. The van der Waals surface area contributed by atoms with Crippen molar-refractivity contribution in [3.63, 3.8) is 0 Å². The summed E-state index contributed by atoms with van der Waals surface area (Å²) < 4.78 is 0. The Kier molecular flexibility index (Phi) is 4.52. The van der Waals surface area contributed by atoms with E-state index in [2.05, 4.69) is 6.58 Å². The third kappa shape index (κ3) is 3.74. The van der Waals surface area contributed by atoms with E-state index in [0.717, 1.165) is 16.3 Å². The molecule has 0 amide bonds. The number of benzene rings is 1. The number of rotatable bonds is 4. The topological polar surface area (TPSA) is 26.0 Å². The Balaban J connectivity index is 2.46. The number of thioether (sulfide) groups is 1. The summed E-state index contributed by atoms with van der Waals surface area (Å²) in [5.74, 6) is 0.858. The first-order valence-electron chi connectivity index (χ1n) is 4.39. The first-order chi connectivity index (χ1) is 6.59. The van der Waals surface area contributed by atoms with E-state index >= 15 is 0 Å². The molecule has 14 heavy (non-hydrogen) atoms. The molecule has 0 aliphatic heterocycles. The smallest absolute Gasteiger partial charge is 0.0406 e. The summed E-state index contributed by atoms with van der Waals surface area (Å²) in [6, 6.07) is 7.83. The highest BCUT2D eigenvalue weighted by Crippen LogP contribution is 2.21. The summed E-state index contributed by atoms with van der Waals surface area (Å²) >= 11 is 7.50. The minimum Gasteiger partial charge on any atom is -0.324 e. The minimum atomic E-state index is 0.0654. The van der Waals surface area contributed by atoms with Gasteiger partial charge in [0.1, 0.15) is 0 Å². The quantitative estimate of drug-likeness (QED) is 0.631. The standard InChI is InChI=1S/C11H14ClNS/c1-8(2)11(13)7-14-10-5-3-9(12)4-6-10/h3-6,11H,1,7,13H2,2H3. The van der Waals surface area contributed by atoms with Crippen molar-refractivity contribution >= 4 is 23.4 Å². The molecule has 0 aliphatic carbocycles. The van der Waals surface area contributed by atoms with Crippen molar-refractivity contribution in [2.24, 2.45) is 5.73 Å². The van der Waals surface area contributed by atoms with Crippen molar-refractivity contribution in [1.29, 1.82) is 0 Å². The highest BCUT2D eigenvalue weighted by molar-refractivity contribution is 7.99. The van der Waals surface area contributed by atoms with Gasteiger partial charge in [0.25, 0.3) is 0 Å². The zero-order valence-electron chi connectivity index (χ0n) is 8.16. The largest absolute Gasteiger partial charge is 0.324 e. The molecule has 0 heterocycles. The van der Waals surface area contributed by atoms with Crippen molar-refractivity contribution in [2.45, 2.75) is 17.9 Å². The zero-order valence-corrected chi connectivity index (χ0v) is 9.74.